The van der Waals surface area contributed by atoms with E-state index in [1.54, 1.807) is 24.4 Å². The molecule has 1 aromatic heterocycles. The van der Waals surface area contributed by atoms with Gasteiger partial charge in [-0.05, 0) is 30.7 Å². The van der Waals surface area contributed by atoms with Crippen LogP contribution in [-0.2, 0) is 6.54 Å². The highest BCUT2D eigenvalue weighted by atomic mass is 16.2. The third-order valence-corrected chi connectivity index (χ3v) is 3.46. The highest BCUT2D eigenvalue weighted by Gasteiger charge is 2.37. The summed E-state index contributed by atoms with van der Waals surface area (Å²) in [4.78, 5) is 30.0. The number of nitrogens with two attached hydrogens (primary N) is 1. The van der Waals surface area contributed by atoms with Gasteiger partial charge in [-0.2, -0.15) is 0 Å². The number of fused-ring (bicyclic) bond motifs is 1. The molecule has 1 aromatic carbocycles. The Morgan fingerprint density at radius 3 is 2.65 bits per heavy atom. The Morgan fingerprint density at radius 2 is 1.95 bits per heavy atom. The van der Waals surface area contributed by atoms with Gasteiger partial charge in [0.25, 0.3) is 11.8 Å². The average Bonchev–Trinajstić information content (AvgIpc) is 2.67. The summed E-state index contributed by atoms with van der Waals surface area (Å²) in [6.45, 7) is 2.06. The Hall–Kier alpha value is -2.69. The predicted octanol–water partition coefficient (Wildman–Crippen LogP) is 1.77. The zero-order valence-electron chi connectivity index (χ0n) is 11.0. The van der Waals surface area contributed by atoms with Crippen LogP contribution in [0.15, 0.2) is 36.5 Å². The van der Waals surface area contributed by atoms with Gasteiger partial charge in [0.1, 0.15) is 0 Å². The summed E-state index contributed by atoms with van der Waals surface area (Å²) in [5.41, 5.74) is 8.44. The Kier molecular flexibility index (Phi) is 2.75. The molecule has 0 spiro atoms. The summed E-state index contributed by atoms with van der Waals surface area (Å²) in [5.74, 6) is -0.671. The van der Waals surface area contributed by atoms with E-state index in [0.717, 1.165) is 5.56 Å². The van der Waals surface area contributed by atoms with Crippen LogP contribution in [0.3, 0.4) is 0 Å². The highest BCUT2D eigenvalue weighted by molar-refractivity contribution is 6.23. The van der Waals surface area contributed by atoms with Crippen molar-refractivity contribution in [3.8, 4) is 0 Å². The van der Waals surface area contributed by atoms with Gasteiger partial charge in [-0.1, -0.05) is 12.1 Å². The number of aryl methyl sites for hydroxylation is 1. The molecular formula is C15H13N3O2. The van der Waals surface area contributed by atoms with E-state index in [9.17, 15) is 9.59 Å². The first kappa shape index (κ1) is 12.3. The van der Waals surface area contributed by atoms with Gasteiger partial charge in [-0.15, -0.1) is 0 Å². The number of nitrogen functional groups attached to an aromatic ring is 1. The van der Waals surface area contributed by atoms with E-state index < -0.39 is 0 Å². The molecule has 0 atom stereocenters. The highest BCUT2D eigenvalue weighted by Crippen LogP contribution is 2.28. The first-order valence-corrected chi connectivity index (χ1v) is 6.25. The quantitative estimate of drug-likeness (QED) is 0.664. The fraction of sp³-hybridized carbons (Fsp3) is 0.133. The van der Waals surface area contributed by atoms with Crippen molar-refractivity contribution in [1.82, 2.24) is 9.88 Å². The van der Waals surface area contributed by atoms with Crippen molar-refractivity contribution in [2.24, 2.45) is 0 Å². The van der Waals surface area contributed by atoms with Crippen molar-refractivity contribution in [2.45, 2.75) is 13.5 Å². The first-order valence-electron chi connectivity index (χ1n) is 6.25. The van der Waals surface area contributed by atoms with Crippen molar-refractivity contribution < 1.29 is 9.59 Å². The molecule has 0 radical (unpaired) electrons. The van der Waals surface area contributed by atoms with Gasteiger partial charge in [0.05, 0.1) is 23.4 Å². The normalized spacial score (nSPS) is 13.8. The lowest BCUT2D eigenvalue weighted by Crippen LogP contribution is -2.30. The number of rotatable bonds is 2. The molecule has 1 aliphatic rings. The van der Waals surface area contributed by atoms with Crippen LogP contribution in [0.25, 0.3) is 0 Å². The molecule has 3 rings (SSSR count). The fourth-order valence-corrected chi connectivity index (χ4v) is 2.34. The van der Waals surface area contributed by atoms with E-state index in [0.29, 0.717) is 22.5 Å². The second kappa shape index (κ2) is 4.45. The predicted molar refractivity (Wildman–Crippen MR) is 74.0 cm³/mol. The molecule has 1 aliphatic heterocycles. The largest absolute Gasteiger partial charge is 0.398 e. The van der Waals surface area contributed by atoms with Crippen molar-refractivity contribution in [1.29, 1.82) is 0 Å². The molecule has 100 valence electrons. The molecule has 2 N–H and O–H groups in total. The number of carbonyl (C=O) groups excluding carboxylic acids is 2. The SMILES string of the molecule is Cc1cccnc1CN1C(=O)c2cccc(N)c2C1=O. The monoisotopic (exact) mass is 267 g/mol. The second-order valence-corrected chi connectivity index (χ2v) is 4.73. The zero-order valence-corrected chi connectivity index (χ0v) is 11.0. The third-order valence-electron chi connectivity index (χ3n) is 3.46. The van der Waals surface area contributed by atoms with Gasteiger partial charge >= 0.3 is 0 Å². The van der Waals surface area contributed by atoms with Crippen LogP contribution < -0.4 is 5.73 Å². The van der Waals surface area contributed by atoms with E-state index in [2.05, 4.69) is 4.98 Å². The minimum absolute atomic E-state index is 0.165. The van der Waals surface area contributed by atoms with Gasteiger partial charge in [-0.25, -0.2) is 0 Å². The van der Waals surface area contributed by atoms with E-state index in [1.165, 1.54) is 4.90 Å². The van der Waals surface area contributed by atoms with E-state index >= 15 is 0 Å². The number of aromatic nitrogens is 1. The number of benzene rings is 1. The minimum atomic E-state index is -0.354. The Morgan fingerprint density at radius 1 is 1.15 bits per heavy atom. The van der Waals surface area contributed by atoms with Crippen LogP contribution in [0.1, 0.15) is 32.0 Å². The molecule has 2 heterocycles. The van der Waals surface area contributed by atoms with Crippen LogP contribution >= 0.6 is 0 Å². The van der Waals surface area contributed by atoms with Crippen molar-refractivity contribution >= 4 is 17.5 Å². The van der Waals surface area contributed by atoms with Gasteiger partial charge in [-0.3, -0.25) is 19.5 Å². The summed E-state index contributed by atoms with van der Waals surface area (Å²) >= 11 is 0. The van der Waals surface area contributed by atoms with Crippen molar-refractivity contribution in [2.75, 3.05) is 5.73 Å². The Bertz CT molecular complexity index is 725. The molecule has 2 aromatic rings. The fourth-order valence-electron chi connectivity index (χ4n) is 2.34. The molecular weight excluding hydrogens is 254 g/mol. The van der Waals surface area contributed by atoms with Gasteiger partial charge in [0.15, 0.2) is 0 Å². The maximum Gasteiger partial charge on any atom is 0.264 e. The van der Waals surface area contributed by atoms with E-state index in [1.807, 2.05) is 19.1 Å². The van der Waals surface area contributed by atoms with Gasteiger partial charge in [0.2, 0.25) is 0 Å². The first-order chi connectivity index (χ1) is 9.59. The number of hydrogen-bond acceptors (Lipinski definition) is 4. The maximum atomic E-state index is 12.3. The van der Waals surface area contributed by atoms with Crippen LogP contribution in [-0.4, -0.2) is 21.7 Å². The molecule has 5 heteroatoms. The summed E-state index contributed by atoms with van der Waals surface area (Å²) in [6.07, 6.45) is 1.65. The van der Waals surface area contributed by atoms with Crippen LogP contribution in [0, 0.1) is 6.92 Å². The molecule has 5 nitrogen and oxygen atoms in total. The Balaban J connectivity index is 1.99. The molecule has 0 aliphatic carbocycles. The Labute approximate surface area is 116 Å². The summed E-state index contributed by atoms with van der Waals surface area (Å²) in [7, 11) is 0. The number of hydrogen-bond donors (Lipinski definition) is 1. The number of pyridine rings is 1. The molecule has 0 saturated carbocycles. The van der Waals surface area contributed by atoms with Crippen LogP contribution in [0.2, 0.25) is 0 Å². The topological polar surface area (TPSA) is 76.3 Å². The smallest absolute Gasteiger partial charge is 0.264 e. The van der Waals surface area contributed by atoms with Gasteiger partial charge < -0.3 is 5.73 Å². The standard InChI is InChI=1S/C15H13N3O2/c1-9-4-3-7-17-12(9)8-18-14(19)10-5-2-6-11(16)13(10)15(18)20/h2-7H,8,16H2,1H3. The lowest BCUT2D eigenvalue weighted by atomic mass is 10.1. The molecule has 0 saturated heterocycles. The van der Waals surface area contributed by atoms with Crippen LogP contribution in [0.5, 0.6) is 0 Å². The number of imide groups is 1. The molecule has 0 fully saturated rings. The lowest BCUT2D eigenvalue weighted by Gasteiger charge is -2.14. The molecule has 0 unspecified atom stereocenters. The lowest BCUT2D eigenvalue weighted by molar-refractivity contribution is 0.0640. The summed E-state index contributed by atoms with van der Waals surface area (Å²) < 4.78 is 0. The molecule has 2 amide bonds. The number of anilines is 1. The third kappa shape index (κ3) is 1.75. The summed E-state index contributed by atoms with van der Waals surface area (Å²) in [5, 5.41) is 0. The maximum absolute atomic E-state index is 12.3. The number of amides is 2. The average molecular weight is 267 g/mol. The molecule has 0 bridgehead atoms. The number of nitrogens with zero attached hydrogens (tertiary/aromatic N) is 2. The van der Waals surface area contributed by atoms with Crippen molar-refractivity contribution in [3.63, 3.8) is 0 Å². The second-order valence-electron chi connectivity index (χ2n) is 4.73. The van der Waals surface area contributed by atoms with E-state index in [4.69, 9.17) is 5.73 Å². The van der Waals surface area contributed by atoms with Crippen molar-refractivity contribution in [3.05, 3.63) is 58.9 Å². The minimum Gasteiger partial charge on any atom is -0.398 e. The summed E-state index contributed by atoms with van der Waals surface area (Å²) in [6, 6.07) is 8.64. The number of carbonyl (C=O) groups is 2. The zero-order chi connectivity index (χ0) is 14.3. The van der Waals surface area contributed by atoms with Gasteiger partial charge in [0, 0.05) is 11.9 Å². The molecule has 20 heavy (non-hydrogen) atoms. The van der Waals surface area contributed by atoms with Crippen LogP contribution in [0.4, 0.5) is 5.69 Å². The van der Waals surface area contributed by atoms with E-state index in [-0.39, 0.29) is 18.4 Å².